The predicted molar refractivity (Wildman–Crippen MR) is 74.6 cm³/mol. The molecule has 0 saturated heterocycles. The van der Waals surface area contributed by atoms with E-state index in [4.69, 9.17) is 10.5 Å². The molecule has 1 aliphatic rings. The van der Waals surface area contributed by atoms with E-state index in [2.05, 4.69) is 4.98 Å². The van der Waals surface area contributed by atoms with Crippen molar-refractivity contribution in [3.8, 4) is 16.9 Å². The van der Waals surface area contributed by atoms with E-state index in [1.165, 1.54) is 6.07 Å². The summed E-state index contributed by atoms with van der Waals surface area (Å²) in [6.07, 6.45) is 3.39. The van der Waals surface area contributed by atoms with E-state index in [9.17, 15) is 10.1 Å². The van der Waals surface area contributed by atoms with Gasteiger partial charge in [0.05, 0.1) is 22.8 Å². The molecule has 2 heterocycles. The van der Waals surface area contributed by atoms with Crippen molar-refractivity contribution in [2.45, 2.75) is 12.8 Å². The highest BCUT2D eigenvalue weighted by atomic mass is 16.6. The lowest BCUT2D eigenvalue weighted by molar-refractivity contribution is -0.384. The maximum absolute atomic E-state index is 11.2. The van der Waals surface area contributed by atoms with Gasteiger partial charge in [-0.1, -0.05) is 0 Å². The van der Waals surface area contributed by atoms with E-state index in [0.29, 0.717) is 29.2 Å². The lowest BCUT2D eigenvalue weighted by Crippen LogP contribution is -2.11. The van der Waals surface area contributed by atoms with Crippen molar-refractivity contribution in [2.24, 2.45) is 0 Å². The molecule has 0 saturated carbocycles. The number of nitro benzene ring substituents is 1. The normalized spacial score (nSPS) is 13.4. The van der Waals surface area contributed by atoms with Gasteiger partial charge in [-0.25, -0.2) is 0 Å². The molecule has 102 valence electrons. The third-order valence-electron chi connectivity index (χ3n) is 3.29. The summed E-state index contributed by atoms with van der Waals surface area (Å²) in [5, 5.41) is 11.2. The summed E-state index contributed by atoms with van der Waals surface area (Å²) in [6, 6.07) is 6.41. The number of benzene rings is 1. The molecule has 0 spiro atoms. The van der Waals surface area contributed by atoms with Crippen molar-refractivity contribution in [2.75, 3.05) is 12.3 Å². The second kappa shape index (κ2) is 4.80. The zero-order valence-electron chi connectivity index (χ0n) is 10.7. The molecular formula is C14H13N3O3. The number of hydrogen-bond acceptors (Lipinski definition) is 5. The highest BCUT2D eigenvalue weighted by Gasteiger charge is 2.22. The van der Waals surface area contributed by atoms with E-state index < -0.39 is 4.92 Å². The number of anilines is 1. The number of aryl methyl sites for hydroxylation is 1. The van der Waals surface area contributed by atoms with Crippen LogP contribution in [0.25, 0.3) is 11.1 Å². The van der Waals surface area contributed by atoms with Crippen LogP contribution in [0.1, 0.15) is 12.1 Å². The van der Waals surface area contributed by atoms with Gasteiger partial charge >= 0.3 is 0 Å². The Labute approximate surface area is 115 Å². The minimum atomic E-state index is -0.429. The van der Waals surface area contributed by atoms with Gasteiger partial charge in [0.15, 0.2) is 0 Å². The molecule has 0 bridgehead atoms. The van der Waals surface area contributed by atoms with Gasteiger partial charge in [-0.05, 0) is 31.0 Å². The molecule has 0 radical (unpaired) electrons. The van der Waals surface area contributed by atoms with Gasteiger partial charge in [0.1, 0.15) is 5.75 Å². The topological polar surface area (TPSA) is 91.3 Å². The zero-order valence-corrected chi connectivity index (χ0v) is 10.7. The Morgan fingerprint density at radius 1 is 1.30 bits per heavy atom. The molecule has 0 fully saturated rings. The summed E-state index contributed by atoms with van der Waals surface area (Å²) >= 11 is 0. The third kappa shape index (κ3) is 2.05. The molecule has 3 rings (SSSR count). The molecule has 0 aliphatic carbocycles. The molecule has 1 aliphatic heterocycles. The lowest BCUT2D eigenvalue weighted by Gasteiger charge is -2.19. The van der Waals surface area contributed by atoms with Crippen LogP contribution >= 0.6 is 0 Å². The Morgan fingerprint density at radius 2 is 2.15 bits per heavy atom. The van der Waals surface area contributed by atoms with Crippen molar-refractivity contribution >= 4 is 11.4 Å². The van der Waals surface area contributed by atoms with Gasteiger partial charge in [-0.15, -0.1) is 0 Å². The van der Waals surface area contributed by atoms with Crippen LogP contribution in [0.5, 0.6) is 5.75 Å². The van der Waals surface area contributed by atoms with Crippen molar-refractivity contribution in [1.29, 1.82) is 0 Å². The van der Waals surface area contributed by atoms with E-state index in [1.807, 2.05) is 0 Å². The monoisotopic (exact) mass is 271 g/mol. The van der Waals surface area contributed by atoms with Crippen molar-refractivity contribution in [3.05, 3.63) is 46.3 Å². The molecule has 0 atom stereocenters. The van der Waals surface area contributed by atoms with Crippen LogP contribution in [0.15, 0.2) is 30.5 Å². The van der Waals surface area contributed by atoms with E-state index in [0.717, 1.165) is 18.5 Å². The first kappa shape index (κ1) is 12.4. The fourth-order valence-electron chi connectivity index (χ4n) is 2.38. The SMILES string of the molecule is Nc1ccc(-c2ccnc3c2OCCC3)c([N+](=O)[O-])c1. The Hall–Kier alpha value is -2.63. The Morgan fingerprint density at radius 3 is 2.95 bits per heavy atom. The number of hydrogen-bond donors (Lipinski definition) is 1. The first-order valence-corrected chi connectivity index (χ1v) is 6.32. The fourth-order valence-corrected chi connectivity index (χ4v) is 2.38. The summed E-state index contributed by atoms with van der Waals surface area (Å²) in [7, 11) is 0. The number of ether oxygens (including phenoxy) is 1. The van der Waals surface area contributed by atoms with Crippen LogP contribution in [-0.4, -0.2) is 16.5 Å². The van der Waals surface area contributed by atoms with Crippen molar-refractivity contribution < 1.29 is 9.66 Å². The summed E-state index contributed by atoms with van der Waals surface area (Å²) in [4.78, 5) is 15.1. The largest absolute Gasteiger partial charge is 0.491 e. The minimum absolute atomic E-state index is 0.0208. The van der Waals surface area contributed by atoms with Gasteiger partial charge in [0.2, 0.25) is 0 Å². The van der Waals surface area contributed by atoms with E-state index >= 15 is 0 Å². The number of fused-ring (bicyclic) bond motifs is 1. The molecule has 6 heteroatoms. The summed E-state index contributed by atoms with van der Waals surface area (Å²) in [5.41, 5.74) is 8.02. The molecule has 2 aromatic rings. The molecule has 2 N–H and O–H groups in total. The average molecular weight is 271 g/mol. The number of aromatic nitrogens is 1. The quantitative estimate of drug-likeness (QED) is 0.515. The summed E-state index contributed by atoms with van der Waals surface area (Å²) in [6.45, 7) is 0.606. The number of nitrogen functional groups attached to an aromatic ring is 1. The first-order valence-electron chi connectivity index (χ1n) is 6.32. The van der Waals surface area contributed by atoms with Crippen LogP contribution in [0.3, 0.4) is 0 Å². The van der Waals surface area contributed by atoms with Gasteiger partial charge in [0.25, 0.3) is 5.69 Å². The number of nitro groups is 1. The number of nitrogens with zero attached hydrogens (tertiary/aromatic N) is 2. The standard InChI is InChI=1S/C14H13N3O3/c15-9-3-4-10(13(8-9)17(18)19)11-5-6-16-12-2-1-7-20-14(11)12/h3-6,8H,1-2,7,15H2. The Kier molecular flexibility index (Phi) is 2.98. The average Bonchev–Trinajstić information content (AvgIpc) is 2.46. The Bertz CT molecular complexity index is 685. The number of nitrogens with two attached hydrogens (primary N) is 1. The van der Waals surface area contributed by atoms with Crippen LogP contribution in [0.2, 0.25) is 0 Å². The molecule has 0 unspecified atom stereocenters. The van der Waals surface area contributed by atoms with Crippen LogP contribution in [0.4, 0.5) is 11.4 Å². The van der Waals surface area contributed by atoms with Gasteiger partial charge < -0.3 is 10.5 Å². The molecule has 1 aromatic carbocycles. The summed E-state index contributed by atoms with van der Waals surface area (Å²) in [5.74, 6) is 0.645. The van der Waals surface area contributed by atoms with Gasteiger partial charge in [-0.2, -0.15) is 0 Å². The van der Waals surface area contributed by atoms with Gasteiger partial charge in [0, 0.05) is 23.5 Å². The maximum Gasteiger partial charge on any atom is 0.279 e. The zero-order chi connectivity index (χ0) is 14.1. The van der Waals surface area contributed by atoms with E-state index in [-0.39, 0.29) is 5.69 Å². The lowest BCUT2D eigenvalue weighted by atomic mass is 10.00. The third-order valence-corrected chi connectivity index (χ3v) is 3.29. The minimum Gasteiger partial charge on any atom is -0.491 e. The van der Waals surface area contributed by atoms with Crippen molar-refractivity contribution in [1.82, 2.24) is 4.98 Å². The second-order valence-electron chi connectivity index (χ2n) is 4.62. The van der Waals surface area contributed by atoms with Gasteiger partial charge in [-0.3, -0.25) is 15.1 Å². The molecule has 1 aromatic heterocycles. The molecule has 6 nitrogen and oxygen atoms in total. The van der Waals surface area contributed by atoms with Crippen molar-refractivity contribution in [3.63, 3.8) is 0 Å². The molecule has 20 heavy (non-hydrogen) atoms. The number of pyridine rings is 1. The van der Waals surface area contributed by atoms with Crippen LogP contribution < -0.4 is 10.5 Å². The molecule has 0 amide bonds. The maximum atomic E-state index is 11.2. The number of rotatable bonds is 2. The second-order valence-corrected chi connectivity index (χ2v) is 4.62. The fraction of sp³-hybridized carbons (Fsp3) is 0.214. The Balaban J connectivity index is 2.21. The highest BCUT2D eigenvalue weighted by Crippen LogP contribution is 2.39. The van der Waals surface area contributed by atoms with Crippen LogP contribution in [-0.2, 0) is 6.42 Å². The molecular weight excluding hydrogens is 258 g/mol. The van der Waals surface area contributed by atoms with Crippen LogP contribution in [0, 0.1) is 10.1 Å². The van der Waals surface area contributed by atoms with E-state index in [1.54, 1.807) is 24.4 Å². The summed E-state index contributed by atoms with van der Waals surface area (Å²) < 4.78 is 5.66. The predicted octanol–water partition coefficient (Wildman–Crippen LogP) is 2.56. The highest BCUT2D eigenvalue weighted by molar-refractivity contribution is 5.80. The first-order chi connectivity index (χ1) is 9.66. The smallest absolute Gasteiger partial charge is 0.279 e.